The molecule has 0 amide bonds. The van der Waals surface area contributed by atoms with Crippen LogP contribution in [-0.2, 0) is 6.54 Å². The van der Waals surface area contributed by atoms with Crippen LogP contribution in [0.4, 0.5) is 5.69 Å². The van der Waals surface area contributed by atoms with E-state index in [0.29, 0.717) is 6.04 Å². The molecular formula is C14H23N3. The normalized spacial score (nSPS) is 22.9. The highest BCUT2D eigenvalue weighted by molar-refractivity contribution is 5.47. The molecule has 94 valence electrons. The van der Waals surface area contributed by atoms with Crippen LogP contribution >= 0.6 is 0 Å². The monoisotopic (exact) mass is 233 g/mol. The van der Waals surface area contributed by atoms with Gasteiger partial charge in [0.25, 0.3) is 0 Å². The molecule has 0 aliphatic carbocycles. The molecule has 1 atom stereocenters. The Morgan fingerprint density at radius 2 is 2.12 bits per heavy atom. The number of anilines is 1. The Morgan fingerprint density at radius 3 is 2.76 bits per heavy atom. The largest absolute Gasteiger partial charge is 0.399 e. The van der Waals surface area contributed by atoms with Gasteiger partial charge >= 0.3 is 0 Å². The molecule has 3 heteroatoms. The minimum Gasteiger partial charge on any atom is -0.399 e. The van der Waals surface area contributed by atoms with Crippen LogP contribution in [0.2, 0.25) is 0 Å². The van der Waals surface area contributed by atoms with E-state index < -0.39 is 0 Å². The smallest absolute Gasteiger partial charge is 0.0343 e. The van der Waals surface area contributed by atoms with Gasteiger partial charge in [-0.3, -0.25) is 4.90 Å². The van der Waals surface area contributed by atoms with Crippen molar-refractivity contribution in [2.75, 3.05) is 32.4 Å². The van der Waals surface area contributed by atoms with Gasteiger partial charge in [0.1, 0.15) is 0 Å². The van der Waals surface area contributed by atoms with Gasteiger partial charge < -0.3 is 10.6 Å². The third kappa shape index (κ3) is 2.99. The fourth-order valence-corrected chi connectivity index (χ4v) is 2.36. The van der Waals surface area contributed by atoms with E-state index >= 15 is 0 Å². The van der Waals surface area contributed by atoms with Crippen LogP contribution in [0.25, 0.3) is 0 Å². The van der Waals surface area contributed by atoms with Crippen LogP contribution in [0.3, 0.4) is 0 Å². The lowest BCUT2D eigenvalue weighted by molar-refractivity contribution is 0.1000. The summed E-state index contributed by atoms with van der Waals surface area (Å²) in [5.74, 6) is 0. The number of likely N-dealkylation sites (N-methyl/N-ethyl adjacent to an activating group) is 1. The SMILES string of the molecule is Cc1cc(CN2CCN(C)C(C)C2)ccc1N. The number of rotatable bonds is 2. The zero-order chi connectivity index (χ0) is 12.4. The molecule has 0 bridgehead atoms. The number of aryl methyl sites for hydroxylation is 1. The number of nitrogens with zero attached hydrogens (tertiary/aromatic N) is 2. The van der Waals surface area contributed by atoms with Crippen LogP contribution in [-0.4, -0.2) is 42.5 Å². The second kappa shape index (κ2) is 5.07. The Labute approximate surface area is 104 Å². The van der Waals surface area contributed by atoms with Crippen LogP contribution in [0.15, 0.2) is 18.2 Å². The number of hydrogen-bond acceptors (Lipinski definition) is 3. The number of benzene rings is 1. The second-order valence-electron chi connectivity index (χ2n) is 5.26. The topological polar surface area (TPSA) is 32.5 Å². The highest BCUT2D eigenvalue weighted by Crippen LogP contribution is 2.16. The molecule has 1 aliphatic rings. The van der Waals surface area contributed by atoms with Gasteiger partial charge in [-0.2, -0.15) is 0 Å². The third-order valence-corrected chi connectivity index (χ3v) is 3.78. The number of nitrogens with two attached hydrogens (primary N) is 1. The summed E-state index contributed by atoms with van der Waals surface area (Å²) in [6, 6.07) is 7.02. The van der Waals surface area contributed by atoms with Crippen molar-refractivity contribution in [1.82, 2.24) is 9.80 Å². The molecule has 3 nitrogen and oxygen atoms in total. The van der Waals surface area contributed by atoms with Crippen molar-refractivity contribution in [3.63, 3.8) is 0 Å². The van der Waals surface area contributed by atoms with E-state index in [-0.39, 0.29) is 0 Å². The second-order valence-corrected chi connectivity index (χ2v) is 5.26. The van der Waals surface area contributed by atoms with E-state index in [9.17, 15) is 0 Å². The van der Waals surface area contributed by atoms with Crippen LogP contribution in [0, 0.1) is 6.92 Å². The fraction of sp³-hybridized carbons (Fsp3) is 0.571. The Morgan fingerprint density at radius 1 is 1.35 bits per heavy atom. The summed E-state index contributed by atoms with van der Waals surface area (Å²) in [4.78, 5) is 4.94. The number of hydrogen-bond donors (Lipinski definition) is 1. The minimum atomic E-state index is 0.652. The lowest BCUT2D eigenvalue weighted by atomic mass is 10.1. The average Bonchev–Trinajstić information content (AvgIpc) is 2.29. The molecule has 1 saturated heterocycles. The molecule has 1 aromatic carbocycles. The van der Waals surface area contributed by atoms with E-state index in [4.69, 9.17) is 5.73 Å². The summed E-state index contributed by atoms with van der Waals surface area (Å²) in [5.41, 5.74) is 9.29. The Bertz CT molecular complexity index is 389. The highest BCUT2D eigenvalue weighted by Gasteiger charge is 2.20. The molecule has 1 unspecified atom stereocenters. The van der Waals surface area contributed by atoms with E-state index in [2.05, 4.69) is 42.8 Å². The van der Waals surface area contributed by atoms with Crippen LogP contribution in [0.5, 0.6) is 0 Å². The van der Waals surface area contributed by atoms with E-state index in [1.807, 2.05) is 6.07 Å². The molecular weight excluding hydrogens is 210 g/mol. The quantitative estimate of drug-likeness (QED) is 0.789. The maximum Gasteiger partial charge on any atom is 0.0343 e. The van der Waals surface area contributed by atoms with Gasteiger partial charge in [0, 0.05) is 37.9 Å². The molecule has 1 heterocycles. The maximum atomic E-state index is 5.84. The van der Waals surface area contributed by atoms with Crippen molar-refractivity contribution in [3.8, 4) is 0 Å². The summed E-state index contributed by atoms with van der Waals surface area (Å²) < 4.78 is 0. The number of piperazine rings is 1. The molecule has 2 N–H and O–H groups in total. The van der Waals surface area contributed by atoms with Crippen LogP contribution in [0.1, 0.15) is 18.1 Å². The molecule has 0 radical (unpaired) electrons. The molecule has 17 heavy (non-hydrogen) atoms. The first-order valence-corrected chi connectivity index (χ1v) is 6.34. The summed E-state index contributed by atoms with van der Waals surface area (Å²) in [6.45, 7) is 8.88. The Hall–Kier alpha value is -1.06. The van der Waals surface area contributed by atoms with Gasteiger partial charge in [0.05, 0.1) is 0 Å². The number of nitrogen functional groups attached to an aromatic ring is 1. The van der Waals surface area contributed by atoms with E-state index in [1.165, 1.54) is 11.1 Å². The summed E-state index contributed by atoms with van der Waals surface area (Å²) in [6.07, 6.45) is 0. The van der Waals surface area contributed by atoms with Crippen molar-refractivity contribution in [1.29, 1.82) is 0 Å². The molecule has 0 aromatic heterocycles. The third-order valence-electron chi connectivity index (χ3n) is 3.78. The molecule has 2 rings (SSSR count). The predicted molar refractivity (Wildman–Crippen MR) is 73.0 cm³/mol. The molecule has 0 spiro atoms. The summed E-state index contributed by atoms with van der Waals surface area (Å²) in [5, 5.41) is 0. The highest BCUT2D eigenvalue weighted by atomic mass is 15.3. The van der Waals surface area contributed by atoms with Gasteiger partial charge in [0.2, 0.25) is 0 Å². The van der Waals surface area contributed by atoms with Crippen molar-refractivity contribution < 1.29 is 0 Å². The minimum absolute atomic E-state index is 0.652. The first-order chi connectivity index (χ1) is 8.06. The van der Waals surface area contributed by atoms with Crippen LogP contribution < -0.4 is 5.73 Å². The lowest BCUT2D eigenvalue weighted by Gasteiger charge is -2.37. The fourth-order valence-electron chi connectivity index (χ4n) is 2.36. The van der Waals surface area contributed by atoms with Crippen molar-refractivity contribution in [3.05, 3.63) is 29.3 Å². The zero-order valence-corrected chi connectivity index (χ0v) is 11.1. The predicted octanol–water partition coefficient (Wildman–Crippen LogP) is 1.71. The van der Waals surface area contributed by atoms with Gasteiger partial charge in [-0.25, -0.2) is 0 Å². The average molecular weight is 233 g/mol. The Balaban J connectivity index is 1.99. The zero-order valence-electron chi connectivity index (χ0n) is 11.1. The summed E-state index contributed by atoms with van der Waals surface area (Å²) >= 11 is 0. The molecule has 1 aliphatic heterocycles. The van der Waals surface area contributed by atoms with E-state index in [0.717, 1.165) is 31.9 Å². The molecule has 1 aromatic rings. The van der Waals surface area contributed by atoms with Crippen molar-refractivity contribution >= 4 is 5.69 Å². The van der Waals surface area contributed by atoms with Crippen molar-refractivity contribution in [2.24, 2.45) is 0 Å². The Kier molecular flexibility index (Phi) is 3.69. The standard InChI is InChI=1S/C14H23N3/c1-11-8-13(4-5-14(11)15)10-17-7-6-16(3)12(2)9-17/h4-5,8,12H,6-7,9-10,15H2,1-3H3. The van der Waals surface area contributed by atoms with Crippen molar-refractivity contribution in [2.45, 2.75) is 26.4 Å². The van der Waals surface area contributed by atoms with E-state index in [1.54, 1.807) is 0 Å². The lowest BCUT2D eigenvalue weighted by Crippen LogP contribution is -2.49. The van der Waals surface area contributed by atoms with Gasteiger partial charge in [-0.15, -0.1) is 0 Å². The summed E-state index contributed by atoms with van der Waals surface area (Å²) in [7, 11) is 2.20. The first kappa shape index (κ1) is 12.4. The molecule has 1 fully saturated rings. The van der Waals surface area contributed by atoms with Gasteiger partial charge in [-0.05, 0) is 38.1 Å². The van der Waals surface area contributed by atoms with Gasteiger partial charge in [0.15, 0.2) is 0 Å². The molecule has 0 saturated carbocycles. The van der Waals surface area contributed by atoms with Gasteiger partial charge in [-0.1, -0.05) is 12.1 Å². The first-order valence-electron chi connectivity index (χ1n) is 6.34. The maximum absolute atomic E-state index is 5.84.